The van der Waals surface area contributed by atoms with E-state index in [9.17, 15) is 43.2 Å². The summed E-state index contributed by atoms with van der Waals surface area (Å²) < 4.78 is 68.7. The van der Waals surface area contributed by atoms with Crippen molar-refractivity contribution in [2.75, 3.05) is 39.6 Å². The van der Waals surface area contributed by atoms with Gasteiger partial charge in [-0.1, -0.05) is 363 Å². The van der Waals surface area contributed by atoms with E-state index < -0.39 is 97.5 Å². The molecule has 0 amide bonds. The predicted molar refractivity (Wildman–Crippen MR) is 405 cm³/mol. The Bertz CT molecular complexity index is 1920. The minimum atomic E-state index is -4.96. The molecule has 19 heteroatoms. The molecule has 5 atom stereocenters. The van der Waals surface area contributed by atoms with Gasteiger partial charge in [0.05, 0.1) is 26.4 Å². The molecule has 0 radical (unpaired) electrons. The van der Waals surface area contributed by atoms with Crippen LogP contribution in [0.3, 0.4) is 0 Å². The normalized spacial score (nSPS) is 14.0. The molecule has 0 rings (SSSR count). The number of phosphoric ester groups is 2. The Labute approximate surface area is 607 Å². The Morgan fingerprint density at radius 2 is 0.465 bits per heavy atom. The summed E-state index contributed by atoms with van der Waals surface area (Å²) in [6.45, 7) is 11.9. The molecule has 17 nitrogen and oxygen atoms in total. The van der Waals surface area contributed by atoms with E-state index in [-0.39, 0.29) is 25.7 Å². The highest BCUT2D eigenvalue weighted by Crippen LogP contribution is 2.45. The van der Waals surface area contributed by atoms with E-state index in [0.717, 1.165) is 108 Å². The molecule has 588 valence electrons. The summed E-state index contributed by atoms with van der Waals surface area (Å²) in [5.41, 5.74) is 0. The van der Waals surface area contributed by atoms with Gasteiger partial charge in [-0.2, -0.15) is 0 Å². The highest BCUT2D eigenvalue weighted by Gasteiger charge is 2.30. The number of esters is 4. The lowest BCUT2D eigenvalue weighted by Gasteiger charge is -2.21. The van der Waals surface area contributed by atoms with Crippen molar-refractivity contribution in [2.45, 2.75) is 433 Å². The van der Waals surface area contributed by atoms with Gasteiger partial charge in [-0.25, -0.2) is 9.13 Å². The smallest absolute Gasteiger partial charge is 0.462 e. The molecule has 0 aliphatic rings. The van der Waals surface area contributed by atoms with Crippen LogP contribution in [0.2, 0.25) is 0 Å². The summed E-state index contributed by atoms with van der Waals surface area (Å²) in [7, 11) is -9.92. The van der Waals surface area contributed by atoms with Crippen LogP contribution < -0.4 is 0 Å². The lowest BCUT2D eigenvalue weighted by atomic mass is 10.0. The van der Waals surface area contributed by atoms with Crippen LogP contribution in [-0.2, 0) is 65.4 Å². The van der Waals surface area contributed by atoms with Crippen LogP contribution in [0.15, 0.2) is 0 Å². The fraction of sp³-hybridized carbons (Fsp3) is 0.950. The van der Waals surface area contributed by atoms with Crippen LogP contribution in [0, 0.1) is 17.8 Å². The molecule has 0 spiro atoms. The Morgan fingerprint density at radius 1 is 0.273 bits per heavy atom. The number of hydrogen-bond acceptors (Lipinski definition) is 15. The first-order valence-corrected chi connectivity index (χ1v) is 44.3. The van der Waals surface area contributed by atoms with Gasteiger partial charge in [-0.3, -0.25) is 37.3 Å². The van der Waals surface area contributed by atoms with E-state index in [2.05, 4.69) is 48.5 Å². The standard InChI is InChI=1S/C80H156O17P2/c1-8-9-10-11-12-13-14-15-22-28-33-42-49-56-63-79(84)97-76(68-91-78(83)62-55-48-41-36-35-39-46-53-60-73(6)7)70-95-99(88,89)93-66-74(81)65-92-98(86,87)94-69-75(96-80(85)64-57-50-43-34-29-24-19-17-21-26-31-38-45-52-59-72(4)5)67-90-77(82)61-54-47-40-32-27-23-18-16-20-25-30-37-44-51-58-71(2)3/h71-76,81H,8-70H2,1-7H3,(H,86,87)(H,88,89)/t74-,75-,76-/m1/s1. The van der Waals surface area contributed by atoms with E-state index in [1.54, 1.807) is 0 Å². The van der Waals surface area contributed by atoms with Crippen molar-refractivity contribution in [2.24, 2.45) is 17.8 Å². The first-order chi connectivity index (χ1) is 47.7. The van der Waals surface area contributed by atoms with Crippen molar-refractivity contribution in [3.8, 4) is 0 Å². The first kappa shape index (κ1) is 97.1. The molecule has 0 aliphatic carbocycles. The fourth-order valence-electron chi connectivity index (χ4n) is 12.3. The molecule has 2 unspecified atom stereocenters. The summed E-state index contributed by atoms with van der Waals surface area (Å²) in [4.78, 5) is 73.0. The number of aliphatic hydroxyl groups excluding tert-OH is 1. The zero-order chi connectivity index (χ0) is 73.0. The number of carbonyl (C=O) groups is 4. The van der Waals surface area contributed by atoms with Crippen LogP contribution in [0.25, 0.3) is 0 Å². The number of ether oxygens (including phenoxy) is 4. The van der Waals surface area contributed by atoms with Crippen molar-refractivity contribution in [1.29, 1.82) is 0 Å². The molecule has 0 saturated heterocycles. The Balaban J connectivity index is 5.26. The molecule has 0 aromatic rings. The van der Waals surface area contributed by atoms with E-state index in [1.165, 1.54) is 225 Å². The van der Waals surface area contributed by atoms with Crippen LogP contribution in [0.1, 0.15) is 414 Å². The van der Waals surface area contributed by atoms with Gasteiger partial charge in [0.2, 0.25) is 0 Å². The highest BCUT2D eigenvalue weighted by atomic mass is 31.2. The lowest BCUT2D eigenvalue weighted by molar-refractivity contribution is -0.161. The predicted octanol–water partition coefficient (Wildman–Crippen LogP) is 23.7. The third-order valence-electron chi connectivity index (χ3n) is 18.6. The summed E-state index contributed by atoms with van der Waals surface area (Å²) >= 11 is 0. The number of rotatable bonds is 78. The zero-order valence-electron chi connectivity index (χ0n) is 65.0. The van der Waals surface area contributed by atoms with Gasteiger partial charge in [-0.05, 0) is 43.4 Å². The summed E-state index contributed by atoms with van der Waals surface area (Å²) in [6, 6.07) is 0. The van der Waals surface area contributed by atoms with Crippen LogP contribution in [0.4, 0.5) is 0 Å². The molecule has 99 heavy (non-hydrogen) atoms. The van der Waals surface area contributed by atoms with Gasteiger partial charge in [0.15, 0.2) is 12.2 Å². The number of hydrogen-bond donors (Lipinski definition) is 3. The third-order valence-corrected chi connectivity index (χ3v) is 20.5. The second-order valence-corrected chi connectivity index (χ2v) is 33.1. The Morgan fingerprint density at radius 3 is 0.687 bits per heavy atom. The molecule has 0 saturated carbocycles. The topological polar surface area (TPSA) is 237 Å². The zero-order valence-corrected chi connectivity index (χ0v) is 66.8. The maximum atomic E-state index is 13.1. The molecule has 0 aromatic heterocycles. The summed E-state index contributed by atoms with van der Waals surface area (Å²) in [6.07, 6.45) is 58.2. The van der Waals surface area contributed by atoms with Crippen LogP contribution in [-0.4, -0.2) is 96.7 Å². The van der Waals surface area contributed by atoms with E-state index in [4.69, 9.17) is 37.0 Å². The molecular weight excluding hydrogens is 1290 g/mol. The maximum Gasteiger partial charge on any atom is 0.472 e. The van der Waals surface area contributed by atoms with Crippen molar-refractivity contribution in [3.63, 3.8) is 0 Å². The van der Waals surface area contributed by atoms with Crippen molar-refractivity contribution >= 4 is 39.5 Å². The summed E-state index contributed by atoms with van der Waals surface area (Å²) in [5.74, 6) is 0.210. The number of aliphatic hydroxyl groups is 1. The van der Waals surface area contributed by atoms with E-state index in [1.807, 2.05) is 0 Å². The largest absolute Gasteiger partial charge is 0.472 e. The number of unbranched alkanes of at least 4 members (excludes halogenated alkanes) is 46. The Hall–Kier alpha value is -1.94. The monoisotopic (exact) mass is 1450 g/mol. The van der Waals surface area contributed by atoms with Gasteiger partial charge in [0, 0.05) is 25.7 Å². The Kier molecular flexibility index (Phi) is 69.0. The van der Waals surface area contributed by atoms with Crippen molar-refractivity contribution in [1.82, 2.24) is 0 Å². The van der Waals surface area contributed by atoms with Gasteiger partial charge in [0.1, 0.15) is 19.3 Å². The SMILES string of the molecule is CCCCCCCCCCCCCCCCC(=O)O[C@H](COC(=O)CCCCCCCCCCC(C)C)COP(=O)(O)OC[C@H](O)COP(=O)(O)OC[C@@H](COC(=O)CCCCCCCCCCCCCCCCC(C)C)OC(=O)CCCCCCCCCCCCCCCCC(C)C. The second-order valence-electron chi connectivity index (χ2n) is 30.2. The molecule has 0 heterocycles. The van der Waals surface area contributed by atoms with Gasteiger partial charge in [-0.15, -0.1) is 0 Å². The highest BCUT2D eigenvalue weighted by molar-refractivity contribution is 7.47. The van der Waals surface area contributed by atoms with Crippen LogP contribution >= 0.6 is 15.6 Å². The molecule has 0 fully saturated rings. The molecular formula is C80H156O17P2. The molecule has 0 bridgehead atoms. The summed E-state index contributed by atoms with van der Waals surface area (Å²) in [5, 5.41) is 10.6. The average molecular weight is 1450 g/mol. The minimum absolute atomic E-state index is 0.107. The van der Waals surface area contributed by atoms with Gasteiger partial charge in [0.25, 0.3) is 0 Å². The third kappa shape index (κ3) is 74.1. The maximum absolute atomic E-state index is 13.1. The van der Waals surface area contributed by atoms with Crippen molar-refractivity contribution in [3.05, 3.63) is 0 Å². The van der Waals surface area contributed by atoms with Gasteiger partial charge >= 0.3 is 39.5 Å². The molecule has 3 N–H and O–H groups in total. The minimum Gasteiger partial charge on any atom is -0.462 e. The van der Waals surface area contributed by atoms with Crippen LogP contribution in [0.5, 0.6) is 0 Å². The number of phosphoric acid groups is 2. The first-order valence-electron chi connectivity index (χ1n) is 41.3. The average Bonchev–Trinajstić information content (AvgIpc) is 1.34. The quantitative estimate of drug-likeness (QED) is 0.0222. The van der Waals surface area contributed by atoms with Gasteiger partial charge < -0.3 is 33.8 Å². The molecule has 0 aliphatic heterocycles. The fourth-order valence-corrected chi connectivity index (χ4v) is 13.9. The number of carbonyl (C=O) groups excluding carboxylic acids is 4. The van der Waals surface area contributed by atoms with E-state index >= 15 is 0 Å². The lowest BCUT2D eigenvalue weighted by Crippen LogP contribution is -2.30. The molecule has 0 aromatic carbocycles. The van der Waals surface area contributed by atoms with Crippen molar-refractivity contribution < 1.29 is 80.2 Å². The second kappa shape index (κ2) is 70.4. The van der Waals surface area contributed by atoms with E-state index in [0.29, 0.717) is 25.7 Å².